The van der Waals surface area contributed by atoms with Gasteiger partial charge >= 0.3 is 11.9 Å². The second-order valence-corrected chi connectivity index (χ2v) is 6.86. The molecule has 4 rings (SSSR count). The van der Waals surface area contributed by atoms with Crippen LogP contribution in [0, 0.1) is 23.2 Å². The Labute approximate surface area is 107 Å². The third-order valence-corrected chi connectivity index (χ3v) is 4.57. The predicted octanol–water partition coefficient (Wildman–Crippen LogP) is 1.92. The van der Waals surface area contributed by atoms with E-state index in [0.717, 1.165) is 19.3 Å². The molecule has 4 nitrogen and oxygen atoms in total. The highest BCUT2D eigenvalue weighted by molar-refractivity contribution is 5.77. The monoisotopic (exact) mass is 252 g/mol. The van der Waals surface area contributed by atoms with Gasteiger partial charge in [-0.05, 0) is 40.0 Å². The van der Waals surface area contributed by atoms with Crippen molar-refractivity contribution in [3.05, 3.63) is 0 Å². The van der Waals surface area contributed by atoms with E-state index in [1.54, 1.807) is 0 Å². The van der Waals surface area contributed by atoms with Crippen LogP contribution in [0.15, 0.2) is 0 Å². The Morgan fingerprint density at radius 3 is 2.72 bits per heavy atom. The topological polar surface area (TPSA) is 52.6 Å². The van der Waals surface area contributed by atoms with Gasteiger partial charge < -0.3 is 9.47 Å². The SMILES string of the molecule is CC(C)(C)C(=O)OC1C2CCC3C(C2)C(=O)OC31. The molecule has 0 radical (unpaired) electrons. The summed E-state index contributed by atoms with van der Waals surface area (Å²) < 4.78 is 11.1. The van der Waals surface area contributed by atoms with Gasteiger partial charge in [-0.2, -0.15) is 0 Å². The summed E-state index contributed by atoms with van der Waals surface area (Å²) in [7, 11) is 0. The largest absolute Gasteiger partial charge is 0.458 e. The molecule has 3 saturated carbocycles. The van der Waals surface area contributed by atoms with Crippen molar-refractivity contribution in [1.82, 2.24) is 0 Å². The van der Waals surface area contributed by atoms with E-state index < -0.39 is 5.41 Å². The van der Waals surface area contributed by atoms with Gasteiger partial charge in [0.05, 0.1) is 11.3 Å². The van der Waals surface area contributed by atoms with Gasteiger partial charge in [-0.1, -0.05) is 0 Å². The summed E-state index contributed by atoms with van der Waals surface area (Å²) in [5, 5.41) is 0. The molecule has 1 aliphatic heterocycles. The van der Waals surface area contributed by atoms with Gasteiger partial charge in [-0.15, -0.1) is 0 Å². The molecule has 0 aromatic carbocycles. The normalized spacial score (nSPS) is 41.7. The van der Waals surface area contributed by atoms with Crippen molar-refractivity contribution in [3.63, 3.8) is 0 Å². The number of rotatable bonds is 1. The molecule has 0 spiro atoms. The number of fused-ring (bicyclic) bond motifs is 1. The molecular weight excluding hydrogens is 232 g/mol. The highest BCUT2D eigenvalue weighted by Crippen LogP contribution is 2.52. The zero-order valence-electron chi connectivity index (χ0n) is 11.1. The van der Waals surface area contributed by atoms with E-state index in [0.29, 0.717) is 5.92 Å². The van der Waals surface area contributed by atoms with Crippen molar-refractivity contribution in [2.24, 2.45) is 23.2 Å². The molecule has 0 aromatic heterocycles. The molecule has 3 aliphatic carbocycles. The van der Waals surface area contributed by atoms with Crippen LogP contribution >= 0.6 is 0 Å². The van der Waals surface area contributed by atoms with Crippen molar-refractivity contribution in [1.29, 1.82) is 0 Å². The molecule has 4 heteroatoms. The highest BCUT2D eigenvalue weighted by atomic mass is 16.6. The van der Waals surface area contributed by atoms with E-state index in [2.05, 4.69) is 0 Å². The molecule has 1 heterocycles. The molecule has 4 fully saturated rings. The first kappa shape index (κ1) is 12.0. The Morgan fingerprint density at radius 1 is 1.33 bits per heavy atom. The molecule has 0 aromatic rings. The number of ether oxygens (including phenoxy) is 2. The van der Waals surface area contributed by atoms with Gasteiger partial charge in [0.1, 0.15) is 12.2 Å². The van der Waals surface area contributed by atoms with Gasteiger partial charge in [-0.25, -0.2) is 0 Å². The molecule has 18 heavy (non-hydrogen) atoms. The van der Waals surface area contributed by atoms with Crippen LogP contribution in [0.1, 0.15) is 40.0 Å². The smallest absolute Gasteiger partial charge is 0.311 e. The summed E-state index contributed by atoms with van der Waals surface area (Å²) in [6, 6.07) is 0. The van der Waals surface area contributed by atoms with Crippen LogP contribution in [-0.2, 0) is 19.1 Å². The van der Waals surface area contributed by atoms with E-state index in [9.17, 15) is 9.59 Å². The van der Waals surface area contributed by atoms with E-state index in [1.807, 2.05) is 20.8 Å². The predicted molar refractivity (Wildman–Crippen MR) is 63.5 cm³/mol. The van der Waals surface area contributed by atoms with Crippen LogP contribution in [0.25, 0.3) is 0 Å². The minimum absolute atomic E-state index is 0.0679. The number of hydrogen-bond donors (Lipinski definition) is 0. The molecule has 5 unspecified atom stereocenters. The number of hydrogen-bond acceptors (Lipinski definition) is 4. The second kappa shape index (κ2) is 3.72. The summed E-state index contributed by atoms with van der Waals surface area (Å²) >= 11 is 0. The Balaban J connectivity index is 1.78. The van der Waals surface area contributed by atoms with Gasteiger partial charge in [0, 0.05) is 11.8 Å². The summed E-state index contributed by atoms with van der Waals surface area (Å²) in [6.45, 7) is 5.54. The lowest BCUT2D eigenvalue weighted by Crippen LogP contribution is -2.51. The summed E-state index contributed by atoms with van der Waals surface area (Å²) in [4.78, 5) is 23.7. The van der Waals surface area contributed by atoms with Crippen molar-refractivity contribution >= 4 is 11.9 Å². The fraction of sp³-hybridized carbons (Fsp3) is 0.857. The second-order valence-electron chi connectivity index (χ2n) is 6.86. The lowest BCUT2D eigenvalue weighted by molar-refractivity contribution is -0.180. The van der Waals surface area contributed by atoms with Gasteiger partial charge in [0.25, 0.3) is 0 Å². The zero-order chi connectivity index (χ0) is 13.1. The van der Waals surface area contributed by atoms with Gasteiger partial charge in [-0.3, -0.25) is 9.59 Å². The summed E-state index contributed by atoms with van der Waals surface area (Å²) in [6.07, 6.45) is 2.54. The number of carbonyl (C=O) groups excluding carboxylic acids is 2. The Hall–Kier alpha value is -1.06. The minimum atomic E-state index is -0.501. The van der Waals surface area contributed by atoms with E-state index in [1.165, 1.54) is 0 Å². The third-order valence-electron chi connectivity index (χ3n) is 4.57. The first-order valence-electron chi connectivity index (χ1n) is 6.79. The fourth-order valence-electron chi connectivity index (χ4n) is 3.54. The van der Waals surface area contributed by atoms with Crippen LogP contribution in [0.2, 0.25) is 0 Å². The fourth-order valence-corrected chi connectivity index (χ4v) is 3.54. The Morgan fingerprint density at radius 2 is 2.06 bits per heavy atom. The maximum atomic E-state index is 12.0. The quantitative estimate of drug-likeness (QED) is 0.669. The van der Waals surface area contributed by atoms with E-state index >= 15 is 0 Å². The molecule has 0 N–H and O–H groups in total. The van der Waals surface area contributed by atoms with Gasteiger partial charge in [0.15, 0.2) is 0 Å². The van der Waals surface area contributed by atoms with Crippen molar-refractivity contribution in [3.8, 4) is 0 Å². The van der Waals surface area contributed by atoms with Crippen LogP contribution < -0.4 is 0 Å². The third kappa shape index (κ3) is 1.65. The van der Waals surface area contributed by atoms with Crippen LogP contribution in [0.5, 0.6) is 0 Å². The Bertz CT molecular complexity index is 395. The van der Waals surface area contributed by atoms with Crippen LogP contribution in [-0.4, -0.2) is 24.1 Å². The molecule has 0 amide bonds. The lowest BCUT2D eigenvalue weighted by atomic mass is 9.63. The molecular formula is C14H20O4. The van der Waals surface area contributed by atoms with Crippen molar-refractivity contribution in [2.75, 3.05) is 0 Å². The maximum Gasteiger partial charge on any atom is 0.311 e. The number of esters is 2. The molecule has 4 aliphatic rings. The van der Waals surface area contributed by atoms with Crippen molar-refractivity contribution < 1.29 is 19.1 Å². The first-order valence-corrected chi connectivity index (χ1v) is 6.79. The van der Waals surface area contributed by atoms with Crippen molar-refractivity contribution in [2.45, 2.75) is 52.2 Å². The zero-order valence-corrected chi connectivity index (χ0v) is 11.1. The maximum absolute atomic E-state index is 12.0. The standard InChI is InChI=1S/C14H20O4/c1-14(2,3)13(16)18-10-7-4-5-8-9(6-7)12(15)17-11(8)10/h7-11H,4-6H2,1-3H3. The van der Waals surface area contributed by atoms with Gasteiger partial charge in [0.2, 0.25) is 0 Å². The van der Waals surface area contributed by atoms with E-state index in [4.69, 9.17) is 9.47 Å². The summed E-state index contributed by atoms with van der Waals surface area (Å²) in [5.41, 5.74) is -0.501. The molecule has 5 atom stereocenters. The molecule has 4 bridgehead atoms. The molecule has 100 valence electrons. The molecule has 1 saturated heterocycles. The Kier molecular flexibility index (Phi) is 2.48. The average molecular weight is 252 g/mol. The van der Waals surface area contributed by atoms with E-state index in [-0.39, 0.29) is 36.0 Å². The summed E-state index contributed by atoms with van der Waals surface area (Å²) in [5.74, 6) is 0.380. The number of carbonyl (C=O) groups is 2. The highest BCUT2D eigenvalue weighted by Gasteiger charge is 2.59. The van der Waals surface area contributed by atoms with Crippen LogP contribution in [0.4, 0.5) is 0 Å². The minimum Gasteiger partial charge on any atom is -0.458 e. The van der Waals surface area contributed by atoms with Crippen LogP contribution in [0.3, 0.4) is 0 Å². The first-order chi connectivity index (χ1) is 8.38. The lowest BCUT2D eigenvalue weighted by Gasteiger charge is -2.44. The average Bonchev–Trinajstić information content (AvgIpc) is 2.56.